The molecule has 0 aliphatic carbocycles. The zero-order valence-electron chi connectivity index (χ0n) is 17.4. The number of hydrogen-bond acceptors (Lipinski definition) is 4. The lowest BCUT2D eigenvalue weighted by Crippen LogP contribution is -2.08. The Bertz CT molecular complexity index is 1160. The molecule has 0 bridgehead atoms. The molecule has 3 aromatic rings. The lowest BCUT2D eigenvalue weighted by atomic mass is 10.1. The van der Waals surface area contributed by atoms with Crippen LogP contribution in [0.2, 0.25) is 0 Å². The molecule has 0 saturated heterocycles. The maximum atomic E-state index is 13.9. The Kier molecular flexibility index (Phi) is 5.46. The number of fused-ring (bicyclic) bond motifs is 1. The molecule has 0 N–H and O–H groups in total. The zero-order valence-corrected chi connectivity index (χ0v) is 17.4. The molecular formula is C25H21F2NO3. The highest BCUT2D eigenvalue weighted by atomic mass is 19.1. The molecule has 1 heterocycles. The lowest BCUT2D eigenvalue weighted by molar-refractivity contribution is 0.101. The van der Waals surface area contributed by atoms with E-state index in [-0.39, 0.29) is 23.7 Å². The second-order valence-electron chi connectivity index (χ2n) is 7.48. The fourth-order valence-electron chi connectivity index (χ4n) is 3.36. The number of ether oxygens (including phenoxy) is 2. The standard InChI is InChI=1S/C25H21F2NO3/c1-15-22(30-14-19-20(26)5-4-6-21(19)27)12-11-18-24(29)23(31-25(15)18)13-16-7-9-17(10-8-16)28(2)3/h4-13H,14H2,1-3H3/b23-13-. The molecule has 1 aliphatic rings. The van der Waals surface area contributed by atoms with E-state index in [0.717, 1.165) is 11.3 Å². The molecule has 3 aromatic carbocycles. The van der Waals surface area contributed by atoms with Crippen molar-refractivity contribution in [2.75, 3.05) is 19.0 Å². The molecular weight excluding hydrogens is 400 g/mol. The summed E-state index contributed by atoms with van der Waals surface area (Å²) in [5, 5.41) is 0. The highest BCUT2D eigenvalue weighted by Crippen LogP contribution is 2.39. The number of benzene rings is 3. The lowest BCUT2D eigenvalue weighted by Gasteiger charge is -2.12. The van der Waals surface area contributed by atoms with Crippen LogP contribution in [0.1, 0.15) is 27.0 Å². The Balaban J connectivity index is 1.56. The van der Waals surface area contributed by atoms with Crippen LogP contribution >= 0.6 is 0 Å². The van der Waals surface area contributed by atoms with E-state index in [1.54, 1.807) is 25.1 Å². The van der Waals surface area contributed by atoms with Crippen molar-refractivity contribution >= 4 is 17.5 Å². The molecule has 158 valence electrons. The van der Waals surface area contributed by atoms with Gasteiger partial charge in [-0.2, -0.15) is 0 Å². The fourth-order valence-corrected chi connectivity index (χ4v) is 3.36. The summed E-state index contributed by atoms with van der Waals surface area (Å²) in [4.78, 5) is 14.8. The topological polar surface area (TPSA) is 38.8 Å². The van der Waals surface area contributed by atoms with E-state index in [2.05, 4.69) is 0 Å². The van der Waals surface area contributed by atoms with Crippen LogP contribution in [0.15, 0.2) is 60.4 Å². The third-order valence-electron chi connectivity index (χ3n) is 5.18. The third kappa shape index (κ3) is 4.01. The first-order valence-corrected chi connectivity index (χ1v) is 9.76. The Morgan fingerprint density at radius 3 is 2.32 bits per heavy atom. The van der Waals surface area contributed by atoms with Crippen molar-refractivity contribution in [2.24, 2.45) is 0 Å². The predicted octanol–water partition coefficient (Wildman–Crippen LogP) is 5.53. The van der Waals surface area contributed by atoms with Crippen LogP contribution < -0.4 is 14.4 Å². The number of allylic oxidation sites excluding steroid dienone is 1. The second kappa shape index (κ2) is 8.22. The minimum atomic E-state index is -0.671. The molecule has 0 atom stereocenters. The molecule has 0 amide bonds. The number of rotatable bonds is 5. The first kappa shape index (κ1) is 20.6. The van der Waals surface area contributed by atoms with Gasteiger partial charge in [0.05, 0.1) is 11.1 Å². The Labute approximate surface area is 179 Å². The Morgan fingerprint density at radius 2 is 1.68 bits per heavy atom. The van der Waals surface area contributed by atoms with Gasteiger partial charge in [0.25, 0.3) is 0 Å². The molecule has 6 heteroatoms. The number of carbonyl (C=O) groups excluding carboxylic acids is 1. The average molecular weight is 421 g/mol. The summed E-state index contributed by atoms with van der Waals surface area (Å²) in [7, 11) is 3.91. The third-order valence-corrected chi connectivity index (χ3v) is 5.18. The Morgan fingerprint density at radius 1 is 1.00 bits per heavy atom. The van der Waals surface area contributed by atoms with Crippen LogP contribution in [0.3, 0.4) is 0 Å². The van der Waals surface area contributed by atoms with Gasteiger partial charge in [-0.25, -0.2) is 8.78 Å². The van der Waals surface area contributed by atoms with Crippen molar-refractivity contribution < 1.29 is 23.0 Å². The monoisotopic (exact) mass is 421 g/mol. The maximum Gasteiger partial charge on any atom is 0.231 e. The minimum absolute atomic E-state index is 0.152. The summed E-state index contributed by atoms with van der Waals surface area (Å²) in [6, 6.07) is 14.6. The molecule has 4 rings (SSSR count). The Hall–Kier alpha value is -3.67. The van der Waals surface area contributed by atoms with Crippen molar-refractivity contribution in [2.45, 2.75) is 13.5 Å². The van der Waals surface area contributed by atoms with Gasteiger partial charge < -0.3 is 14.4 Å². The van der Waals surface area contributed by atoms with Gasteiger partial charge in [0.2, 0.25) is 5.78 Å². The molecule has 0 aromatic heterocycles. The van der Waals surface area contributed by atoms with Crippen LogP contribution in [0, 0.1) is 18.6 Å². The van der Waals surface area contributed by atoms with E-state index < -0.39 is 11.6 Å². The quantitative estimate of drug-likeness (QED) is 0.508. The summed E-state index contributed by atoms with van der Waals surface area (Å²) < 4.78 is 39.2. The fraction of sp³-hybridized carbons (Fsp3) is 0.160. The molecule has 0 spiro atoms. The number of nitrogens with zero attached hydrogens (tertiary/aromatic N) is 1. The van der Waals surface area contributed by atoms with E-state index in [4.69, 9.17) is 9.47 Å². The minimum Gasteiger partial charge on any atom is -0.488 e. The van der Waals surface area contributed by atoms with Gasteiger partial charge in [0.1, 0.15) is 29.7 Å². The molecule has 4 nitrogen and oxygen atoms in total. The SMILES string of the molecule is Cc1c(OCc2c(F)cccc2F)ccc2c1O/C(=C\c1ccc(N(C)C)cc1)C2=O. The zero-order chi connectivity index (χ0) is 22.1. The van der Waals surface area contributed by atoms with Crippen LogP contribution in [-0.2, 0) is 6.61 Å². The highest BCUT2D eigenvalue weighted by Gasteiger charge is 2.30. The predicted molar refractivity (Wildman–Crippen MR) is 116 cm³/mol. The first-order valence-electron chi connectivity index (χ1n) is 9.76. The molecule has 1 aliphatic heterocycles. The van der Waals surface area contributed by atoms with Gasteiger partial charge >= 0.3 is 0 Å². The largest absolute Gasteiger partial charge is 0.488 e. The van der Waals surface area contributed by atoms with Crippen molar-refractivity contribution in [3.05, 3.63) is 94.2 Å². The van der Waals surface area contributed by atoms with Crippen LogP contribution in [0.25, 0.3) is 6.08 Å². The molecule has 31 heavy (non-hydrogen) atoms. The summed E-state index contributed by atoms with van der Waals surface area (Å²) >= 11 is 0. The highest BCUT2D eigenvalue weighted by molar-refractivity contribution is 6.15. The number of ketones is 1. The van der Waals surface area contributed by atoms with E-state index in [9.17, 15) is 13.6 Å². The number of halogens is 2. The average Bonchev–Trinajstić information content (AvgIpc) is 3.06. The first-order chi connectivity index (χ1) is 14.8. The second-order valence-corrected chi connectivity index (χ2v) is 7.48. The smallest absolute Gasteiger partial charge is 0.231 e. The van der Waals surface area contributed by atoms with Crippen molar-refractivity contribution in [3.8, 4) is 11.5 Å². The van der Waals surface area contributed by atoms with Crippen LogP contribution in [0.4, 0.5) is 14.5 Å². The van der Waals surface area contributed by atoms with Gasteiger partial charge in [-0.3, -0.25) is 4.79 Å². The summed E-state index contributed by atoms with van der Waals surface area (Å²) in [6.07, 6.45) is 1.69. The molecule has 0 saturated carbocycles. The van der Waals surface area contributed by atoms with Crippen molar-refractivity contribution in [1.82, 2.24) is 0 Å². The summed E-state index contributed by atoms with van der Waals surface area (Å²) in [5.74, 6) is -0.556. The van der Waals surface area contributed by atoms with Gasteiger partial charge in [-0.1, -0.05) is 18.2 Å². The number of Topliss-reactive ketones (excluding diaryl/α,β-unsaturated/α-hetero) is 1. The number of anilines is 1. The van der Waals surface area contributed by atoms with Gasteiger partial charge in [-0.05, 0) is 55.0 Å². The van der Waals surface area contributed by atoms with Gasteiger partial charge in [-0.15, -0.1) is 0 Å². The van der Waals surface area contributed by atoms with Gasteiger partial charge in [0.15, 0.2) is 5.76 Å². The van der Waals surface area contributed by atoms with Crippen LogP contribution in [0.5, 0.6) is 11.5 Å². The van der Waals surface area contributed by atoms with E-state index in [1.165, 1.54) is 18.2 Å². The number of hydrogen-bond donors (Lipinski definition) is 0. The van der Waals surface area contributed by atoms with E-state index >= 15 is 0 Å². The van der Waals surface area contributed by atoms with Gasteiger partial charge in [0, 0.05) is 25.3 Å². The molecule has 0 unspecified atom stereocenters. The van der Waals surface area contributed by atoms with Crippen molar-refractivity contribution in [3.63, 3.8) is 0 Å². The summed E-state index contributed by atoms with van der Waals surface area (Å²) in [6.45, 7) is 1.47. The molecule has 0 radical (unpaired) electrons. The molecule has 0 fully saturated rings. The van der Waals surface area contributed by atoms with E-state index in [0.29, 0.717) is 22.6 Å². The number of carbonyl (C=O) groups is 1. The normalized spacial score (nSPS) is 13.8. The van der Waals surface area contributed by atoms with Crippen LogP contribution in [-0.4, -0.2) is 19.9 Å². The summed E-state index contributed by atoms with van der Waals surface area (Å²) in [5.41, 5.74) is 2.76. The maximum absolute atomic E-state index is 13.9. The van der Waals surface area contributed by atoms with Crippen molar-refractivity contribution in [1.29, 1.82) is 0 Å². The van der Waals surface area contributed by atoms with E-state index in [1.807, 2.05) is 43.3 Å².